The molecule has 0 aliphatic carbocycles. The van der Waals surface area contributed by atoms with Gasteiger partial charge in [0.2, 0.25) is 0 Å². The standard InChI is InChI=1S/2C5H8O4.2C4H6O4.2C3H7NO2.6ClH.6H2N.3Pt/c2*6-4(7)2-1-3-5(8)9;2*5-3(6)1-2-4(7)8;2*4-2-1-3(5)6;;;;;;;;;;;;;;;/h2*1-3H2,(H,6,7)(H,8,9);2*1-2H2,(H,5,6)(H,7,8);2*1-2,4H2,(H,5,6);6*1H;6*1H2;;;/q;;;;;;;;;;;;6*-1;3*+4/p-6. The molecule has 0 rings (SSSR count). The molecule has 0 amide bonds. The first kappa shape index (κ1) is 103. The second kappa shape index (κ2) is 93.2. The van der Waals surface area contributed by atoms with E-state index < -0.39 is 109 Å². The quantitative estimate of drug-likeness (QED) is 0.0622. The molecular weight excluding hydrogens is 1520 g/mol. The van der Waals surface area contributed by atoms with Gasteiger partial charge in [-0.1, -0.05) is 0 Å². The molecule has 0 heterocycles. The molecule has 0 aliphatic rings. The molecule has 0 aromatic rings. The van der Waals surface area contributed by atoms with Crippen molar-refractivity contribution in [2.24, 2.45) is 11.5 Å². The van der Waals surface area contributed by atoms with E-state index in [1.54, 1.807) is 0 Å². The normalized spacial score (nSPS) is 7.54. The van der Waals surface area contributed by atoms with Gasteiger partial charge < -0.3 is 99.4 Å². The summed E-state index contributed by atoms with van der Waals surface area (Å²) in [7, 11) is 29.2. The molecule has 37 heteroatoms. The molecule has 61 heavy (non-hydrogen) atoms. The van der Waals surface area contributed by atoms with Crippen molar-refractivity contribution in [2.45, 2.75) is 77.0 Å². The van der Waals surface area contributed by atoms with Crippen LogP contribution in [0.15, 0.2) is 0 Å². The number of carboxylic acids is 10. The van der Waals surface area contributed by atoms with E-state index in [9.17, 15) is 47.9 Å². The minimum absolute atomic E-state index is 0. The summed E-state index contributed by atoms with van der Waals surface area (Å²) in [6.45, 7) is 0.463. The SMILES string of the molecule is NCCC(=O)O.NCCC(=O)O.O=C(O)CCC(=O)O.O=C(O)CCC(=O)O.O=C(O)CCCC(=O)O.O=C(O)CCCC(=O)O.[Cl][Pt+2][Cl].[Cl][Pt+2][Cl].[Cl][Pt+2][Cl].[NH2-].[NH2-].[NH2-].[NH2-].[NH2-].[NH2-]. The van der Waals surface area contributed by atoms with Gasteiger partial charge in [-0.2, -0.15) is 0 Å². The van der Waals surface area contributed by atoms with E-state index in [1.807, 2.05) is 0 Å². The number of carbonyl (C=O) groups is 10. The number of rotatable bonds is 18. The van der Waals surface area contributed by atoms with E-state index in [2.05, 4.69) is 0 Å². The Balaban J connectivity index is -0.0000000303. The van der Waals surface area contributed by atoms with Crippen LogP contribution in [0.2, 0.25) is 0 Å². The summed E-state index contributed by atoms with van der Waals surface area (Å²) < 4.78 is 0. The van der Waals surface area contributed by atoms with Crippen LogP contribution in [-0.2, 0) is 97.4 Å². The average molecular weight is 1570 g/mol. The zero-order chi connectivity index (χ0) is 45.8. The Kier molecular flexibility index (Phi) is 157. The minimum Gasteiger partial charge on any atom is -0.693 e. The molecule has 0 radical (unpaired) electrons. The monoisotopic (exact) mass is 1570 g/mol. The molecule has 0 spiro atoms. The number of carboxylic acid groups (broad SMARTS) is 10. The predicted octanol–water partition coefficient (Wildman–Crippen LogP) is 7.80. The Morgan fingerprint density at radius 3 is 0.426 bits per heavy atom. The van der Waals surface area contributed by atoms with Gasteiger partial charge in [-0.05, 0) is 12.8 Å². The van der Waals surface area contributed by atoms with Gasteiger partial charge >= 0.3 is 166 Å². The van der Waals surface area contributed by atoms with Crippen molar-refractivity contribution in [3.63, 3.8) is 0 Å². The summed E-state index contributed by atoms with van der Waals surface area (Å²) in [4.78, 5) is 96.8. The van der Waals surface area contributed by atoms with Gasteiger partial charge in [0.1, 0.15) is 0 Å². The molecule has 0 fully saturated rings. The molecule has 0 aliphatic heterocycles. The second-order valence-electron chi connectivity index (χ2n) is 7.86. The summed E-state index contributed by atoms with van der Waals surface area (Å²) in [5, 5.41) is 79.4. The Morgan fingerprint density at radius 2 is 0.377 bits per heavy atom. The summed E-state index contributed by atoms with van der Waals surface area (Å²) in [6.07, 6.45) is -0.873. The number of aliphatic carboxylic acids is 10. The van der Waals surface area contributed by atoms with Gasteiger partial charge in [0.25, 0.3) is 0 Å². The third kappa shape index (κ3) is 268. The van der Waals surface area contributed by atoms with E-state index in [1.165, 1.54) is 0 Å². The zero-order valence-electron chi connectivity index (χ0n) is 31.3. The maximum atomic E-state index is 9.79. The van der Waals surface area contributed by atoms with Crippen LogP contribution in [0.5, 0.6) is 0 Å². The van der Waals surface area contributed by atoms with Crippen LogP contribution in [0, 0.1) is 0 Å². The third-order valence-corrected chi connectivity index (χ3v) is 3.38. The molecule has 28 nitrogen and oxygen atoms in total. The van der Waals surface area contributed by atoms with E-state index in [0.717, 1.165) is 0 Å². The first-order valence-electron chi connectivity index (χ1n) is 13.3. The van der Waals surface area contributed by atoms with E-state index in [-0.39, 0.29) is 127 Å². The van der Waals surface area contributed by atoms with Gasteiger partial charge in [0, 0.05) is 38.8 Å². The van der Waals surface area contributed by atoms with Crippen LogP contribution in [0.1, 0.15) is 77.0 Å². The number of hydrogen-bond donors (Lipinski definition) is 12. The van der Waals surface area contributed by atoms with Gasteiger partial charge in [-0.15, -0.1) is 0 Å². The number of hydrogen-bond acceptors (Lipinski definition) is 12. The summed E-state index contributed by atoms with van der Waals surface area (Å²) in [5.74, 6) is -9.77. The molecule has 0 aromatic heterocycles. The van der Waals surface area contributed by atoms with E-state index in [0.29, 0.717) is 0 Å². The minimum atomic E-state index is -1.08. The average Bonchev–Trinajstić information content (AvgIpc) is 3.01. The van der Waals surface area contributed by atoms with E-state index >= 15 is 0 Å². The Hall–Kier alpha value is -1.82. The van der Waals surface area contributed by atoms with Crippen molar-refractivity contribution < 1.29 is 148 Å². The molecule has 0 saturated carbocycles. The van der Waals surface area contributed by atoms with Crippen LogP contribution >= 0.6 is 56.5 Å². The fourth-order valence-electron chi connectivity index (χ4n) is 1.46. The van der Waals surface area contributed by atoms with Crippen LogP contribution in [0.3, 0.4) is 0 Å². The van der Waals surface area contributed by atoms with Gasteiger partial charge in [0.15, 0.2) is 0 Å². The molecular formula is C24H54Cl6N8O20Pt3. The molecule has 382 valence electrons. The fourth-order valence-corrected chi connectivity index (χ4v) is 1.46. The second-order valence-corrected chi connectivity index (χ2v) is 17.7. The maximum Gasteiger partial charge on any atom is -0.693 e. The van der Waals surface area contributed by atoms with Crippen LogP contribution in [0.25, 0.3) is 36.9 Å². The number of nitrogens with two attached hydrogens (primary N) is 8. The zero-order valence-corrected chi connectivity index (χ0v) is 42.6. The summed E-state index contributed by atoms with van der Waals surface area (Å²) in [6, 6.07) is 0. The molecule has 0 atom stereocenters. The maximum absolute atomic E-state index is 9.79. The van der Waals surface area contributed by atoms with Crippen molar-refractivity contribution in [1.29, 1.82) is 0 Å². The van der Waals surface area contributed by atoms with Crippen molar-refractivity contribution in [2.75, 3.05) is 13.1 Å². The van der Waals surface area contributed by atoms with E-state index in [4.69, 9.17) is 119 Å². The third-order valence-electron chi connectivity index (χ3n) is 3.38. The smallest absolute Gasteiger partial charge is 0.693 e. The molecule has 0 saturated heterocycles. The predicted molar refractivity (Wildman–Crippen MR) is 217 cm³/mol. The van der Waals surface area contributed by atoms with Gasteiger partial charge in [0.05, 0.1) is 38.5 Å². The molecule has 0 bridgehead atoms. The molecule has 26 N–H and O–H groups in total. The fraction of sp³-hybridized carbons (Fsp3) is 0.583. The summed E-state index contributed by atoms with van der Waals surface area (Å²) >= 11 is -1.42. The summed E-state index contributed by atoms with van der Waals surface area (Å²) in [5.41, 5.74) is 9.70. The molecule has 0 aromatic carbocycles. The van der Waals surface area contributed by atoms with Crippen LogP contribution in [-0.4, -0.2) is 124 Å². The van der Waals surface area contributed by atoms with Crippen molar-refractivity contribution in [1.82, 2.24) is 0 Å². The van der Waals surface area contributed by atoms with Crippen molar-refractivity contribution >= 4 is 116 Å². The van der Waals surface area contributed by atoms with Crippen LogP contribution < -0.4 is 11.5 Å². The van der Waals surface area contributed by atoms with Gasteiger partial charge in [-0.25, -0.2) is 0 Å². The van der Waals surface area contributed by atoms with Crippen molar-refractivity contribution in [3.8, 4) is 0 Å². The first-order chi connectivity index (χ1) is 25.3. The largest absolute Gasteiger partial charge is 0.693 e. The number of halogens is 6. The van der Waals surface area contributed by atoms with Crippen LogP contribution in [0.4, 0.5) is 0 Å². The Bertz CT molecular complexity index is 911. The Labute approximate surface area is 400 Å². The topological polar surface area (TPSA) is 626 Å². The first-order valence-corrected chi connectivity index (χ1v) is 30.2. The molecule has 0 unspecified atom stereocenters. The van der Waals surface area contributed by atoms with Crippen molar-refractivity contribution in [3.05, 3.63) is 36.9 Å². The Morgan fingerprint density at radius 1 is 0.279 bits per heavy atom. The van der Waals surface area contributed by atoms with Gasteiger partial charge in [-0.3, -0.25) is 47.9 Å².